The fourth-order valence-electron chi connectivity index (χ4n) is 6.58. The van der Waals surface area contributed by atoms with E-state index in [-0.39, 0.29) is 0 Å². The Kier molecular flexibility index (Phi) is 2.04. The Labute approximate surface area is 100 Å². The summed E-state index contributed by atoms with van der Waals surface area (Å²) in [5, 5.41) is 0. The van der Waals surface area contributed by atoms with Crippen LogP contribution in [-0.2, 0) is 0 Å². The fourth-order valence-corrected chi connectivity index (χ4v) is 6.58. The molecule has 0 heteroatoms. The number of hydrogen-bond acceptors (Lipinski definition) is 0. The van der Waals surface area contributed by atoms with Gasteiger partial charge < -0.3 is 0 Å². The summed E-state index contributed by atoms with van der Waals surface area (Å²) in [5.74, 6) is 8.98. The van der Waals surface area contributed by atoms with Crippen LogP contribution in [0.15, 0.2) is 0 Å². The largest absolute Gasteiger partial charge is 0.0620 e. The topological polar surface area (TPSA) is 0 Å². The van der Waals surface area contributed by atoms with Crippen LogP contribution in [0.4, 0.5) is 0 Å². The molecule has 90 valence electrons. The molecule has 4 aliphatic rings. The number of hydrogen-bond donors (Lipinski definition) is 0. The van der Waals surface area contributed by atoms with Gasteiger partial charge in [-0.05, 0) is 85.9 Å². The highest BCUT2D eigenvalue weighted by molar-refractivity contribution is 5.04. The van der Waals surface area contributed by atoms with Crippen molar-refractivity contribution in [2.24, 2.45) is 47.3 Å². The highest BCUT2D eigenvalue weighted by Crippen LogP contribution is 2.63. The third-order valence-electron chi connectivity index (χ3n) is 7.26. The van der Waals surface area contributed by atoms with Gasteiger partial charge in [-0.3, -0.25) is 0 Å². The molecule has 4 unspecified atom stereocenters. The predicted molar refractivity (Wildman–Crippen MR) is 67.0 cm³/mol. The molecular weight excluding hydrogens is 192 g/mol. The lowest BCUT2D eigenvalue weighted by Crippen LogP contribution is -2.34. The zero-order chi connectivity index (χ0) is 10.9. The van der Waals surface area contributed by atoms with E-state index in [1.165, 1.54) is 0 Å². The van der Waals surface area contributed by atoms with Crippen LogP contribution in [0.5, 0.6) is 0 Å². The Bertz CT molecular complexity index is 260. The van der Waals surface area contributed by atoms with Gasteiger partial charge in [0.05, 0.1) is 0 Å². The molecular formula is C16H26. The molecule has 0 spiro atoms. The molecule has 0 aromatic carbocycles. The van der Waals surface area contributed by atoms with Crippen LogP contribution < -0.4 is 0 Å². The maximum absolute atomic E-state index is 2.59. The molecule has 0 heterocycles. The van der Waals surface area contributed by atoms with Crippen LogP contribution in [0.25, 0.3) is 0 Å². The predicted octanol–water partition coefficient (Wildman–Crippen LogP) is 4.35. The van der Waals surface area contributed by atoms with Crippen molar-refractivity contribution in [2.45, 2.75) is 52.4 Å². The quantitative estimate of drug-likeness (QED) is 0.614. The second-order valence-electron chi connectivity index (χ2n) is 7.54. The van der Waals surface area contributed by atoms with Gasteiger partial charge in [0, 0.05) is 0 Å². The van der Waals surface area contributed by atoms with Crippen molar-refractivity contribution >= 4 is 0 Å². The van der Waals surface area contributed by atoms with Crippen molar-refractivity contribution in [1.82, 2.24) is 0 Å². The Morgan fingerprint density at radius 3 is 1.25 bits per heavy atom. The molecule has 0 saturated heterocycles. The molecule has 4 bridgehead atoms. The van der Waals surface area contributed by atoms with Crippen molar-refractivity contribution in [3.05, 3.63) is 0 Å². The second-order valence-corrected chi connectivity index (χ2v) is 7.54. The van der Waals surface area contributed by atoms with Gasteiger partial charge in [-0.15, -0.1) is 0 Å². The van der Waals surface area contributed by atoms with Gasteiger partial charge in [-0.1, -0.05) is 13.8 Å². The van der Waals surface area contributed by atoms with Crippen LogP contribution >= 0.6 is 0 Å². The molecule has 0 amide bonds. The molecule has 8 atom stereocenters. The smallest absolute Gasteiger partial charge is 0.0324 e. The Morgan fingerprint density at radius 2 is 0.938 bits per heavy atom. The molecule has 0 nitrogen and oxygen atoms in total. The third-order valence-corrected chi connectivity index (χ3v) is 7.26. The van der Waals surface area contributed by atoms with Crippen molar-refractivity contribution in [2.75, 3.05) is 0 Å². The molecule has 0 aromatic heterocycles. The highest BCUT2D eigenvalue weighted by Gasteiger charge is 2.55. The molecule has 4 saturated carbocycles. The lowest BCUT2D eigenvalue weighted by molar-refractivity contribution is 0.0776. The second kappa shape index (κ2) is 3.27. The van der Waals surface area contributed by atoms with Crippen LogP contribution in [0, 0.1) is 47.3 Å². The zero-order valence-corrected chi connectivity index (χ0v) is 10.9. The van der Waals surface area contributed by atoms with Crippen molar-refractivity contribution in [3.63, 3.8) is 0 Å². The van der Waals surface area contributed by atoms with Crippen molar-refractivity contribution in [1.29, 1.82) is 0 Å². The van der Waals surface area contributed by atoms with Crippen LogP contribution in [-0.4, -0.2) is 0 Å². The van der Waals surface area contributed by atoms with Gasteiger partial charge in [0.25, 0.3) is 0 Å². The molecule has 0 N–H and O–H groups in total. The monoisotopic (exact) mass is 218 g/mol. The first kappa shape index (κ1) is 9.97. The van der Waals surface area contributed by atoms with Gasteiger partial charge in [0.2, 0.25) is 0 Å². The Balaban J connectivity index is 1.62. The third kappa shape index (κ3) is 1.12. The summed E-state index contributed by atoms with van der Waals surface area (Å²) in [4.78, 5) is 0. The first-order valence-electron chi connectivity index (χ1n) is 7.75. The molecule has 0 radical (unpaired) electrons. The van der Waals surface area contributed by atoms with E-state index < -0.39 is 0 Å². The maximum Gasteiger partial charge on any atom is -0.0324 e. The Hall–Kier alpha value is 0. The molecule has 4 fully saturated rings. The van der Waals surface area contributed by atoms with Crippen molar-refractivity contribution in [3.8, 4) is 0 Å². The van der Waals surface area contributed by atoms with Crippen LogP contribution in [0.2, 0.25) is 0 Å². The molecule has 4 aliphatic carbocycles. The maximum atomic E-state index is 2.59. The normalized spacial score (nSPS) is 63.4. The molecule has 0 aromatic rings. The molecule has 16 heavy (non-hydrogen) atoms. The summed E-state index contributed by atoms with van der Waals surface area (Å²) in [6.07, 6.45) is 9.51. The number of fused-ring (bicyclic) bond motifs is 4. The number of rotatable bonds is 1. The highest BCUT2D eigenvalue weighted by atomic mass is 14.6. The van der Waals surface area contributed by atoms with Crippen molar-refractivity contribution < 1.29 is 0 Å². The summed E-state index contributed by atoms with van der Waals surface area (Å²) >= 11 is 0. The van der Waals surface area contributed by atoms with E-state index >= 15 is 0 Å². The van der Waals surface area contributed by atoms with E-state index in [1.807, 2.05) is 0 Å². The van der Waals surface area contributed by atoms with Gasteiger partial charge in [-0.25, -0.2) is 0 Å². The minimum Gasteiger partial charge on any atom is -0.0620 e. The van der Waals surface area contributed by atoms with E-state index in [4.69, 9.17) is 0 Å². The minimum absolute atomic E-state index is 1.07. The van der Waals surface area contributed by atoms with E-state index in [1.54, 1.807) is 38.5 Å². The van der Waals surface area contributed by atoms with E-state index in [2.05, 4.69) is 13.8 Å². The van der Waals surface area contributed by atoms with Gasteiger partial charge >= 0.3 is 0 Å². The first-order chi connectivity index (χ1) is 7.75. The molecule has 0 aliphatic heterocycles. The van der Waals surface area contributed by atoms with E-state index in [0.29, 0.717) is 0 Å². The summed E-state index contributed by atoms with van der Waals surface area (Å²) in [6, 6.07) is 0. The standard InChI is InChI=1S/C16H26/c1-9-11-3-5-13(7-11)15(9)16-10(2)12-4-6-14(16)8-12/h9-16H,3-8H2,1-2H3/t9?,10?,11-,12+,13+,14-,15?,16?. The Morgan fingerprint density at radius 1 is 0.562 bits per heavy atom. The van der Waals surface area contributed by atoms with E-state index in [0.717, 1.165) is 47.3 Å². The van der Waals surface area contributed by atoms with Crippen LogP contribution in [0.3, 0.4) is 0 Å². The zero-order valence-electron chi connectivity index (χ0n) is 10.9. The van der Waals surface area contributed by atoms with E-state index in [9.17, 15) is 0 Å². The average Bonchev–Trinajstić information content (AvgIpc) is 2.98. The van der Waals surface area contributed by atoms with Crippen LogP contribution in [0.1, 0.15) is 52.4 Å². The first-order valence-corrected chi connectivity index (χ1v) is 7.75. The lowest BCUT2D eigenvalue weighted by atomic mass is 9.64. The van der Waals surface area contributed by atoms with Gasteiger partial charge in [0.15, 0.2) is 0 Å². The lowest BCUT2D eigenvalue weighted by Gasteiger charge is -2.40. The molecule has 4 rings (SSSR count). The summed E-state index contributed by atoms with van der Waals surface area (Å²) < 4.78 is 0. The SMILES string of the molecule is CC1C(C2C(C)[C@@H]3CC[C@H]2C3)[C@@H]2CC[C@H]1C2. The minimum atomic E-state index is 1.07. The summed E-state index contributed by atoms with van der Waals surface area (Å²) in [6.45, 7) is 5.18. The fraction of sp³-hybridized carbons (Fsp3) is 1.00. The summed E-state index contributed by atoms with van der Waals surface area (Å²) in [7, 11) is 0. The van der Waals surface area contributed by atoms with Gasteiger partial charge in [-0.2, -0.15) is 0 Å². The average molecular weight is 218 g/mol. The van der Waals surface area contributed by atoms with Gasteiger partial charge in [0.1, 0.15) is 0 Å². The summed E-state index contributed by atoms with van der Waals surface area (Å²) in [5.41, 5.74) is 0.